The minimum absolute atomic E-state index is 0.00275. The molecule has 1 aliphatic rings. The average molecular weight is 467 g/mol. The first-order valence-corrected chi connectivity index (χ1v) is 11.7. The Balaban J connectivity index is 1.40. The van der Waals surface area contributed by atoms with Crippen LogP contribution in [0.2, 0.25) is 0 Å². The van der Waals surface area contributed by atoms with E-state index in [-0.39, 0.29) is 11.6 Å². The van der Waals surface area contributed by atoms with Gasteiger partial charge in [0.25, 0.3) is 11.6 Å². The number of nitrogens with zero attached hydrogens (tertiary/aromatic N) is 4. The summed E-state index contributed by atoms with van der Waals surface area (Å²) < 4.78 is 0. The van der Waals surface area contributed by atoms with E-state index in [1.54, 1.807) is 12.1 Å². The van der Waals surface area contributed by atoms with Crippen molar-refractivity contribution in [2.75, 3.05) is 31.1 Å². The Morgan fingerprint density at radius 1 is 0.886 bits per heavy atom. The van der Waals surface area contributed by atoms with E-state index in [1.807, 2.05) is 35.2 Å². The van der Waals surface area contributed by atoms with Crippen LogP contribution in [0.1, 0.15) is 21.5 Å². The predicted octanol–water partition coefficient (Wildman–Crippen LogP) is 5.39. The largest absolute Gasteiger partial charge is 0.368 e. The highest BCUT2D eigenvalue weighted by Gasteiger charge is 2.25. The number of pyridine rings is 1. The van der Waals surface area contributed by atoms with E-state index in [0.29, 0.717) is 31.7 Å². The van der Waals surface area contributed by atoms with Gasteiger partial charge in [0.1, 0.15) is 0 Å². The summed E-state index contributed by atoms with van der Waals surface area (Å²) in [4.78, 5) is 33.1. The number of nitro groups is 1. The quantitative estimate of drug-likeness (QED) is 0.298. The maximum Gasteiger partial charge on any atom is 0.269 e. The molecule has 1 saturated heterocycles. The molecule has 1 aliphatic heterocycles. The van der Waals surface area contributed by atoms with Gasteiger partial charge in [-0.25, -0.2) is 4.98 Å². The fourth-order valence-corrected chi connectivity index (χ4v) is 4.52. The number of para-hydroxylation sites is 1. The molecule has 1 fully saturated rings. The first kappa shape index (κ1) is 22.5. The molecular formula is C28H26N4O3. The number of hydrogen-bond donors (Lipinski definition) is 0. The number of aryl methyl sites for hydroxylation is 2. The highest BCUT2D eigenvalue weighted by atomic mass is 16.6. The van der Waals surface area contributed by atoms with E-state index in [1.165, 1.54) is 23.3 Å². The Labute approximate surface area is 203 Å². The van der Waals surface area contributed by atoms with Crippen LogP contribution in [0.3, 0.4) is 0 Å². The summed E-state index contributed by atoms with van der Waals surface area (Å²) in [6.45, 7) is 6.64. The molecule has 1 amide bonds. The molecule has 176 valence electrons. The SMILES string of the molecule is Cc1ccc(-c2cc(C(=O)N3CCN(c4ccc([N+](=O)[O-])cc4)CC3)c3ccccc3n2)cc1C. The molecule has 7 nitrogen and oxygen atoms in total. The maximum atomic E-state index is 13.7. The smallest absolute Gasteiger partial charge is 0.269 e. The van der Waals surface area contributed by atoms with Crippen molar-refractivity contribution in [3.8, 4) is 11.3 Å². The van der Waals surface area contributed by atoms with Crippen molar-refractivity contribution in [1.29, 1.82) is 0 Å². The highest BCUT2D eigenvalue weighted by molar-refractivity contribution is 6.07. The van der Waals surface area contributed by atoms with Gasteiger partial charge in [0.15, 0.2) is 0 Å². The summed E-state index contributed by atoms with van der Waals surface area (Å²) >= 11 is 0. The lowest BCUT2D eigenvalue weighted by atomic mass is 10.00. The summed E-state index contributed by atoms with van der Waals surface area (Å²) in [7, 11) is 0. The topological polar surface area (TPSA) is 79.6 Å². The highest BCUT2D eigenvalue weighted by Crippen LogP contribution is 2.28. The lowest BCUT2D eigenvalue weighted by Crippen LogP contribution is -2.48. The molecule has 0 saturated carbocycles. The summed E-state index contributed by atoms with van der Waals surface area (Å²) in [6, 6.07) is 22.5. The monoisotopic (exact) mass is 466 g/mol. The van der Waals surface area contributed by atoms with Gasteiger partial charge in [-0.15, -0.1) is 0 Å². The zero-order valence-corrected chi connectivity index (χ0v) is 19.8. The zero-order chi connectivity index (χ0) is 24.5. The van der Waals surface area contributed by atoms with Crippen LogP contribution < -0.4 is 4.90 Å². The first-order valence-electron chi connectivity index (χ1n) is 11.7. The molecule has 0 N–H and O–H groups in total. The second-order valence-corrected chi connectivity index (χ2v) is 8.92. The Bertz CT molecular complexity index is 1420. The number of aromatic nitrogens is 1. The number of anilines is 1. The van der Waals surface area contributed by atoms with Crippen molar-refractivity contribution in [2.24, 2.45) is 0 Å². The maximum absolute atomic E-state index is 13.7. The number of hydrogen-bond acceptors (Lipinski definition) is 5. The van der Waals surface area contributed by atoms with Gasteiger partial charge in [-0.1, -0.05) is 30.3 Å². The zero-order valence-electron chi connectivity index (χ0n) is 19.8. The number of nitro benzene ring substituents is 1. The number of fused-ring (bicyclic) bond motifs is 1. The lowest BCUT2D eigenvalue weighted by Gasteiger charge is -2.36. The molecule has 7 heteroatoms. The van der Waals surface area contributed by atoms with E-state index < -0.39 is 4.92 Å². The van der Waals surface area contributed by atoms with Gasteiger partial charge in [0.05, 0.1) is 21.7 Å². The fourth-order valence-electron chi connectivity index (χ4n) is 4.52. The fraction of sp³-hybridized carbons (Fsp3) is 0.214. The van der Waals surface area contributed by atoms with Gasteiger partial charge >= 0.3 is 0 Å². The number of benzene rings is 3. The van der Waals surface area contributed by atoms with Crippen molar-refractivity contribution in [3.05, 3.63) is 99.6 Å². The molecular weight excluding hydrogens is 440 g/mol. The third-order valence-corrected chi connectivity index (χ3v) is 6.74. The molecule has 3 aromatic carbocycles. The number of carbonyl (C=O) groups excluding carboxylic acids is 1. The minimum Gasteiger partial charge on any atom is -0.368 e. The van der Waals surface area contributed by atoms with Gasteiger partial charge in [-0.05, 0) is 55.3 Å². The predicted molar refractivity (Wildman–Crippen MR) is 138 cm³/mol. The Kier molecular flexibility index (Phi) is 5.91. The van der Waals surface area contributed by atoms with Gasteiger partial charge in [-0.2, -0.15) is 0 Å². The van der Waals surface area contributed by atoms with Crippen LogP contribution in [0.5, 0.6) is 0 Å². The molecule has 0 bridgehead atoms. The van der Waals surface area contributed by atoms with Crippen molar-refractivity contribution in [2.45, 2.75) is 13.8 Å². The molecule has 0 aliphatic carbocycles. The van der Waals surface area contributed by atoms with Crippen LogP contribution in [0.25, 0.3) is 22.2 Å². The molecule has 4 aromatic rings. The lowest BCUT2D eigenvalue weighted by molar-refractivity contribution is -0.384. The molecule has 0 atom stereocenters. The van der Waals surface area contributed by atoms with Crippen molar-refractivity contribution in [3.63, 3.8) is 0 Å². The van der Waals surface area contributed by atoms with Crippen LogP contribution in [0.15, 0.2) is 72.8 Å². The van der Waals surface area contributed by atoms with Crippen molar-refractivity contribution in [1.82, 2.24) is 9.88 Å². The summed E-state index contributed by atoms with van der Waals surface area (Å²) in [5.41, 5.74) is 6.66. The second kappa shape index (κ2) is 9.18. The molecule has 35 heavy (non-hydrogen) atoms. The minimum atomic E-state index is -0.397. The third-order valence-electron chi connectivity index (χ3n) is 6.74. The summed E-state index contributed by atoms with van der Waals surface area (Å²) in [5, 5.41) is 11.8. The van der Waals surface area contributed by atoms with E-state index >= 15 is 0 Å². The van der Waals surface area contributed by atoms with Gasteiger partial charge in [-0.3, -0.25) is 14.9 Å². The molecule has 1 aromatic heterocycles. The van der Waals surface area contributed by atoms with Crippen LogP contribution in [-0.2, 0) is 0 Å². The molecule has 0 spiro atoms. The van der Waals surface area contributed by atoms with Crippen LogP contribution in [-0.4, -0.2) is 46.9 Å². The Morgan fingerprint density at radius 2 is 1.60 bits per heavy atom. The summed E-state index contributed by atoms with van der Waals surface area (Å²) in [5.74, 6) is -0.00275. The van der Waals surface area contributed by atoms with Gasteiger partial charge < -0.3 is 9.80 Å². The molecule has 0 unspecified atom stereocenters. The molecule has 0 radical (unpaired) electrons. The van der Waals surface area contributed by atoms with E-state index in [4.69, 9.17) is 4.98 Å². The first-order chi connectivity index (χ1) is 16.9. The van der Waals surface area contributed by atoms with Crippen molar-refractivity contribution >= 4 is 28.2 Å². The molecule has 5 rings (SSSR count). The Morgan fingerprint density at radius 3 is 2.29 bits per heavy atom. The van der Waals surface area contributed by atoms with Crippen LogP contribution in [0.4, 0.5) is 11.4 Å². The second-order valence-electron chi connectivity index (χ2n) is 8.92. The van der Waals surface area contributed by atoms with Crippen LogP contribution >= 0.6 is 0 Å². The van der Waals surface area contributed by atoms with Gasteiger partial charge in [0.2, 0.25) is 0 Å². The standard InChI is InChI=1S/C28H26N4O3/c1-19-7-8-21(17-20(19)2)27-18-25(24-5-3-4-6-26(24)29-27)28(33)31-15-13-30(14-16-31)22-9-11-23(12-10-22)32(34)35/h3-12,17-18H,13-16H2,1-2H3. The van der Waals surface area contributed by atoms with E-state index in [0.717, 1.165) is 27.8 Å². The Hall–Kier alpha value is -4.26. The van der Waals surface area contributed by atoms with E-state index in [2.05, 4.69) is 36.9 Å². The number of amides is 1. The molecule has 2 heterocycles. The summed E-state index contributed by atoms with van der Waals surface area (Å²) in [6.07, 6.45) is 0. The van der Waals surface area contributed by atoms with E-state index in [9.17, 15) is 14.9 Å². The number of carbonyl (C=O) groups is 1. The average Bonchev–Trinajstić information content (AvgIpc) is 2.89. The normalized spacial score (nSPS) is 13.8. The van der Waals surface area contributed by atoms with Crippen LogP contribution in [0, 0.1) is 24.0 Å². The number of rotatable bonds is 4. The van der Waals surface area contributed by atoms with Crippen molar-refractivity contribution < 1.29 is 9.72 Å². The third kappa shape index (κ3) is 4.45. The number of piperazine rings is 1. The van der Waals surface area contributed by atoms with Gasteiger partial charge in [0, 0.05) is 54.9 Å². The number of non-ortho nitro benzene ring substituents is 1.